The molecular weight excluding hydrogens is 246 g/mol. The number of hydrogen-bond donors (Lipinski definition) is 1. The lowest BCUT2D eigenvalue weighted by Crippen LogP contribution is -2.41. The molecule has 3 rings (SSSR count). The Labute approximate surface area is 122 Å². The summed E-state index contributed by atoms with van der Waals surface area (Å²) in [6.07, 6.45) is 8.02. The Hall–Kier alpha value is -0.860. The van der Waals surface area contributed by atoms with Gasteiger partial charge < -0.3 is 10.1 Å². The largest absolute Gasteiger partial charge is 0.378 e. The quantitative estimate of drug-likeness (QED) is 0.843. The van der Waals surface area contributed by atoms with Crippen LogP contribution in [0.5, 0.6) is 0 Å². The second-order valence-corrected chi connectivity index (χ2v) is 6.40. The standard InChI is InChI=1S/C18H27NO/c1-2-6-17-13-16(11-12-20-17)19-18(15-9-10-15)14-7-4-3-5-8-14/h3-5,7-8,15-19H,2,6,9-13H2,1H3. The molecule has 3 atom stereocenters. The molecule has 2 aliphatic rings. The lowest BCUT2D eigenvalue weighted by molar-refractivity contribution is -0.00554. The third-order valence-corrected chi connectivity index (χ3v) is 4.65. The maximum Gasteiger partial charge on any atom is 0.0589 e. The van der Waals surface area contributed by atoms with Gasteiger partial charge in [-0.05, 0) is 43.6 Å². The molecule has 1 aliphatic carbocycles. The van der Waals surface area contributed by atoms with Crippen molar-refractivity contribution in [2.24, 2.45) is 5.92 Å². The molecule has 20 heavy (non-hydrogen) atoms. The second-order valence-electron chi connectivity index (χ2n) is 6.40. The molecule has 0 bridgehead atoms. The number of benzene rings is 1. The van der Waals surface area contributed by atoms with Crippen molar-refractivity contribution in [3.05, 3.63) is 35.9 Å². The fraction of sp³-hybridized carbons (Fsp3) is 0.667. The van der Waals surface area contributed by atoms with Gasteiger partial charge in [0.2, 0.25) is 0 Å². The summed E-state index contributed by atoms with van der Waals surface area (Å²) < 4.78 is 5.87. The molecule has 1 aromatic carbocycles. The zero-order valence-electron chi connectivity index (χ0n) is 12.6. The smallest absolute Gasteiger partial charge is 0.0589 e. The zero-order valence-corrected chi connectivity index (χ0v) is 12.6. The summed E-state index contributed by atoms with van der Waals surface area (Å²) in [6, 6.07) is 12.2. The molecule has 1 aliphatic heterocycles. The summed E-state index contributed by atoms with van der Waals surface area (Å²) in [7, 11) is 0. The van der Waals surface area contributed by atoms with Crippen LogP contribution < -0.4 is 5.32 Å². The summed E-state index contributed by atoms with van der Waals surface area (Å²) in [5.41, 5.74) is 1.47. The highest BCUT2D eigenvalue weighted by Gasteiger charge is 2.34. The van der Waals surface area contributed by atoms with Crippen molar-refractivity contribution in [3.8, 4) is 0 Å². The average molecular weight is 273 g/mol. The van der Waals surface area contributed by atoms with Crippen LogP contribution in [-0.4, -0.2) is 18.8 Å². The van der Waals surface area contributed by atoms with Gasteiger partial charge >= 0.3 is 0 Å². The third-order valence-electron chi connectivity index (χ3n) is 4.65. The lowest BCUT2D eigenvalue weighted by atomic mass is 9.96. The van der Waals surface area contributed by atoms with E-state index in [1.165, 1.54) is 37.7 Å². The Morgan fingerprint density at radius 1 is 1.20 bits per heavy atom. The van der Waals surface area contributed by atoms with Crippen molar-refractivity contribution >= 4 is 0 Å². The van der Waals surface area contributed by atoms with Crippen LogP contribution in [0.1, 0.15) is 57.1 Å². The van der Waals surface area contributed by atoms with E-state index < -0.39 is 0 Å². The first-order chi connectivity index (χ1) is 9.86. The van der Waals surface area contributed by atoms with Crippen molar-refractivity contribution in [2.75, 3.05) is 6.61 Å². The van der Waals surface area contributed by atoms with Crippen LogP contribution >= 0.6 is 0 Å². The van der Waals surface area contributed by atoms with Gasteiger partial charge in [-0.15, -0.1) is 0 Å². The van der Waals surface area contributed by atoms with Crippen LogP contribution in [0, 0.1) is 5.92 Å². The number of rotatable bonds is 6. The van der Waals surface area contributed by atoms with Crippen LogP contribution in [0.3, 0.4) is 0 Å². The van der Waals surface area contributed by atoms with Gasteiger partial charge in [-0.1, -0.05) is 43.7 Å². The number of hydrogen-bond acceptors (Lipinski definition) is 2. The highest BCUT2D eigenvalue weighted by Crippen LogP contribution is 2.41. The van der Waals surface area contributed by atoms with Crippen LogP contribution in [0.15, 0.2) is 30.3 Å². The van der Waals surface area contributed by atoms with Gasteiger partial charge in [0.1, 0.15) is 0 Å². The molecule has 2 heteroatoms. The first kappa shape index (κ1) is 14.1. The van der Waals surface area contributed by atoms with Gasteiger partial charge in [-0.2, -0.15) is 0 Å². The first-order valence-electron chi connectivity index (χ1n) is 8.29. The van der Waals surface area contributed by atoms with Gasteiger partial charge in [0.25, 0.3) is 0 Å². The van der Waals surface area contributed by atoms with E-state index in [0.717, 1.165) is 18.9 Å². The van der Waals surface area contributed by atoms with Gasteiger partial charge in [0, 0.05) is 18.7 Å². The van der Waals surface area contributed by atoms with E-state index in [9.17, 15) is 0 Å². The molecule has 0 spiro atoms. The van der Waals surface area contributed by atoms with Gasteiger partial charge in [-0.25, -0.2) is 0 Å². The predicted octanol–water partition coefficient (Wildman–Crippen LogP) is 4.08. The Kier molecular flexibility index (Phi) is 4.74. The summed E-state index contributed by atoms with van der Waals surface area (Å²) in [6.45, 7) is 3.17. The normalized spacial score (nSPS) is 28.2. The molecule has 2 nitrogen and oxygen atoms in total. The van der Waals surface area contributed by atoms with E-state index in [2.05, 4.69) is 42.6 Å². The van der Waals surface area contributed by atoms with Gasteiger partial charge in [0.15, 0.2) is 0 Å². The number of nitrogens with one attached hydrogen (secondary N) is 1. The van der Waals surface area contributed by atoms with Crippen molar-refractivity contribution in [1.82, 2.24) is 5.32 Å². The maximum absolute atomic E-state index is 5.87. The molecule has 110 valence electrons. The molecule has 1 N–H and O–H groups in total. The maximum atomic E-state index is 5.87. The topological polar surface area (TPSA) is 21.3 Å². The highest BCUT2D eigenvalue weighted by molar-refractivity contribution is 5.21. The summed E-state index contributed by atoms with van der Waals surface area (Å²) in [5, 5.41) is 3.94. The van der Waals surface area contributed by atoms with Crippen molar-refractivity contribution < 1.29 is 4.74 Å². The van der Waals surface area contributed by atoms with Crippen molar-refractivity contribution in [1.29, 1.82) is 0 Å². The lowest BCUT2D eigenvalue weighted by Gasteiger charge is -2.33. The molecule has 1 aromatic rings. The molecule has 0 amide bonds. The SMILES string of the molecule is CCCC1CC(NC(c2ccccc2)C2CC2)CCO1. The minimum absolute atomic E-state index is 0.474. The molecule has 0 aromatic heterocycles. The summed E-state index contributed by atoms with van der Waals surface area (Å²) in [4.78, 5) is 0. The molecule has 1 saturated heterocycles. The summed E-state index contributed by atoms with van der Waals surface area (Å²) in [5.74, 6) is 0.852. The molecule has 1 saturated carbocycles. The van der Waals surface area contributed by atoms with E-state index in [4.69, 9.17) is 4.74 Å². The van der Waals surface area contributed by atoms with Crippen molar-refractivity contribution in [3.63, 3.8) is 0 Å². The molecular formula is C18H27NO. The molecule has 0 radical (unpaired) electrons. The predicted molar refractivity (Wildman–Crippen MR) is 82.7 cm³/mol. The van der Waals surface area contributed by atoms with E-state index in [0.29, 0.717) is 18.2 Å². The second kappa shape index (κ2) is 6.73. The van der Waals surface area contributed by atoms with E-state index in [1.54, 1.807) is 0 Å². The Morgan fingerprint density at radius 2 is 2.00 bits per heavy atom. The van der Waals surface area contributed by atoms with E-state index in [1.807, 2.05) is 0 Å². The molecule has 2 fully saturated rings. The minimum Gasteiger partial charge on any atom is -0.378 e. The highest BCUT2D eigenvalue weighted by atomic mass is 16.5. The van der Waals surface area contributed by atoms with Crippen LogP contribution in [0.4, 0.5) is 0 Å². The Bertz CT molecular complexity index is 399. The zero-order chi connectivity index (χ0) is 13.8. The first-order valence-corrected chi connectivity index (χ1v) is 8.29. The fourth-order valence-corrected chi connectivity index (χ4v) is 3.40. The van der Waals surface area contributed by atoms with Crippen LogP contribution in [0.25, 0.3) is 0 Å². The fourth-order valence-electron chi connectivity index (χ4n) is 3.40. The van der Waals surface area contributed by atoms with Gasteiger partial charge in [-0.3, -0.25) is 0 Å². The average Bonchev–Trinajstić information content (AvgIpc) is 3.31. The van der Waals surface area contributed by atoms with Crippen LogP contribution in [0.2, 0.25) is 0 Å². The van der Waals surface area contributed by atoms with Gasteiger partial charge in [0.05, 0.1) is 6.10 Å². The monoisotopic (exact) mass is 273 g/mol. The van der Waals surface area contributed by atoms with Crippen LogP contribution in [-0.2, 0) is 4.74 Å². The molecule has 3 unspecified atom stereocenters. The Morgan fingerprint density at radius 3 is 2.70 bits per heavy atom. The van der Waals surface area contributed by atoms with Crippen molar-refractivity contribution in [2.45, 2.75) is 63.6 Å². The summed E-state index contributed by atoms with van der Waals surface area (Å²) >= 11 is 0. The minimum atomic E-state index is 0.474. The molecule has 1 heterocycles. The van der Waals surface area contributed by atoms with E-state index in [-0.39, 0.29) is 0 Å². The third kappa shape index (κ3) is 3.62. The number of ether oxygens (including phenoxy) is 1. The Balaban J connectivity index is 1.62. The van der Waals surface area contributed by atoms with E-state index >= 15 is 0 Å².